The number of rotatable bonds is 9. The molecule has 0 N–H and O–H groups in total. The van der Waals surface area contributed by atoms with Crippen molar-refractivity contribution in [3.05, 3.63) is 80.8 Å². The van der Waals surface area contributed by atoms with E-state index in [1.54, 1.807) is 21.3 Å². The molecule has 2 aliphatic carbocycles. The summed E-state index contributed by atoms with van der Waals surface area (Å²) in [5.41, 5.74) is 10.0. The normalized spacial score (nSPS) is 21.1. The Hall–Kier alpha value is -3.20. The number of aryl methyl sites for hydroxylation is 2. The molecule has 0 bridgehead atoms. The van der Waals surface area contributed by atoms with Gasteiger partial charge in [0.05, 0.1) is 41.8 Å². The molecule has 0 saturated carbocycles. The molecular formula is C39H42Cl2N4O3. The number of fused-ring (bicyclic) bond motifs is 2. The molecule has 250 valence electrons. The second kappa shape index (κ2) is 12.9. The number of halogens is 2. The lowest BCUT2D eigenvalue weighted by Crippen LogP contribution is -2.52. The zero-order chi connectivity index (χ0) is 33.1. The minimum absolute atomic E-state index is 0.299. The van der Waals surface area contributed by atoms with Crippen LogP contribution in [0.2, 0.25) is 10.0 Å². The zero-order valence-electron chi connectivity index (χ0n) is 28.1. The molecule has 0 radical (unpaired) electrons. The Kier molecular flexibility index (Phi) is 8.62. The molecule has 2 aromatic carbocycles. The molecule has 7 nitrogen and oxygen atoms in total. The lowest BCUT2D eigenvalue weighted by Gasteiger charge is -2.43. The highest BCUT2D eigenvalue weighted by atomic mass is 35.5. The molecule has 2 aliphatic heterocycles. The van der Waals surface area contributed by atoms with Crippen LogP contribution in [0.5, 0.6) is 11.8 Å². The van der Waals surface area contributed by atoms with Gasteiger partial charge in [0.25, 0.3) is 0 Å². The number of methoxy groups -OCH3 is 3. The van der Waals surface area contributed by atoms with Gasteiger partial charge in [-0.1, -0.05) is 72.9 Å². The SMILES string of the molecule is CCC1CN([C@H]2CCc3cc(-c4cccc(-c5cccc(-c6cc7c(c(OC)n6)C(N6CC(OC)C6)CC7)c5Cl)c4Cl)nc(OC)c32)C1. The van der Waals surface area contributed by atoms with Gasteiger partial charge in [-0.2, -0.15) is 0 Å². The Morgan fingerprint density at radius 3 is 1.58 bits per heavy atom. The molecule has 8 rings (SSSR count). The van der Waals surface area contributed by atoms with Crippen LogP contribution in [0.4, 0.5) is 0 Å². The van der Waals surface area contributed by atoms with Crippen LogP contribution in [0.25, 0.3) is 33.6 Å². The molecule has 2 fully saturated rings. The monoisotopic (exact) mass is 684 g/mol. The van der Waals surface area contributed by atoms with Crippen molar-refractivity contribution in [1.29, 1.82) is 0 Å². The van der Waals surface area contributed by atoms with E-state index in [2.05, 4.69) is 28.9 Å². The maximum Gasteiger partial charge on any atom is 0.218 e. The van der Waals surface area contributed by atoms with Crippen LogP contribution in [0, 0.1) is 5.92 Å². The molecule has 4 heterocycles. The van der Waals surface area contributed by atoms with Gasteiger partial charge < -0.3 is 14.2 Å². The summed E-state index contributed by atoms with van der Waals surface area (Å²) < 4.78 is 17.3. The third-order valence-electron chi connectivity index (χ3n) is 11.1. The number of likely N-dealkylation sites (tertiary alicyclic amines) is 2. The largest absolute Gasteiger partial charge is 0.481 e. The van der Waals surface area contributed by atoms with Crippen molar-refractivity contribution in [1.82, 2.24) is 19.8 Å². The van der Waals surface area contributed by atoms with Crippen LogP contribution in [-0.4, -0.2) is 73.4 Å². The number of hydrogen-bond donors (Lipinski definition) is 0. The Morgan fingerprint density at radius 1 is 0.688 bits per heavy atom. The van der Waals surface area contributed by atoms with E-state index >= 15 is 0 Å². The van der Waals surface area contributed by atoms with Crippen molar-refractivity contribution < 1.29 is 14.2 Å². The number of aromatic nitrogens is 2. The molecule has 9 heteroatoms. The van der Waals surface area contributed by atoms with E-state index in [0.29, 0.717) is 40.0 Å². The predicted molar refractivity (Wildman–Crippen MR) is 191 cm³/mol. The first kappa shape index (κ1) is 32.0. The molecule has 2 atom stereocenters. The summed E-state index contributed by atoms with van der Waals surface area (Å²) in [4.78, 5) is 15.1. The summed E-state index contributed by atoms with van der Waals surface area (Å²) in [5, 5.41) is 1.22. The van der Waals surface area contributed by atoms with E-state index in [1.807, 2.05) is 36.4 Å². The van der Waals surface area contributed by atoms with Crippen LogP contribution in [-0.2, 0) is 17.6 Å². The smallest absolute Gasteiger partial charge is 0.218 e. The van der Waals surface area contributed by atoms with E-state index < -0.39 is 0 Å². The average Bonchev–Trinajstić information content (AvgIpc) is 3.68. The van der Waals surface area contributed by atoms with Crippen molar-refractivity contribution >= 4 is 23.2 Å². The van der Waals surface area contributed by atoms with Crippen LogP contribution < -0.4 is 9.47 Å². The molecule has 4 aliphatic rings. The third kappa shape index (κ3) is 5.30. The van der Waals surface area contributed by atoms with Gasteiger partial charge in [-0.05, 0) is 54.9 Å². The van der Waals surface area contributed by atoms with E-state index in [0.717, 1.165) is 91.4 Å². The molecule has 48 heavy (non-hydrogen) atoms. The zero-order valence-corrected chi connectivity index (χ0v) is 29.6. The number of ether oxygens (including phenoxy) is 3. The summed E-state index contributed by atoms with van der Waals surface area (Å²) in [6, 6.07) is 17.2. The van der Waals surface area contributed by atoms with Crippen molar-refractivity contribution in [2.24, 2.45) is 5.92 Å². The first-order valence-electron chi connectivity index (χ1n) is 17.2. The quantitative estimate of drug-likeness (QED) is 0.175. The molecule has 0 spiro atoms. The van der Waals surface area contributed by atoms with Gasteiger partial charge in [0.2, 0.25) is 11.8 Å². The van der Waals surface area contributed by atoms with Gasteiger partial charge in [-0.25, -0.2) is 9.97 Å². The minimum Gasteiger partial charge on any atom is -0.481 e. The van der Waals surface area contributed by atoms with Crippen LogP contribution >= 0.6 is 23.2 Å². The lowest BCUT2D eigenvalue weighted by molar-refractivity contribution is -0.0514. The van der Waals surface area contributed by atoms with Crippen molar-refractivity contribution in [3.63, 3.8) is 0 Å². The summed E-state index contributed by atoms with van der Waals surface area (Å²) in [6.45, 7) is 6.46. The van der Waals surface area contributed by atoms with Crippen LogP contribution in [0.1, 0.15) is 60.5 Å². The highest BCUT2D eigenvalue weighted by molar-refractivity contribution is 6.39. The van der Waals surface area contributed by atoms with E-state index in [4.69, 9.17) is 47.4 Å². The fraction of sp³-hybridized carbons (Fsp3) is 0.436. The van der Waals surface area contributed by atoms with Crippen LogP contribution in [0.15, 0.2) is 48.5 Å². The van der Waals surface area contributed by atoms with Gasteiger partial charge in [0, 0.05) is 78.8 Å². The predicted octanol–water partition coefficient (Wildman–Crippen LogP) is 8.45. The summed E-state index contributed by atoms with van der Waals surface area (Å²) in [5.74, 6) is 2.18. The van der Waals surface area contributed by atoms with Gasteiger partial charge in [-0.3, -0.25) is 9.80 Å². The summed E-state index contributed by atoms with van der Waals surface area (Å²) >= 11 is 14.5. The van der Waals surface area contributed by atoms with Crippen molar-refractivity contribution in [2.75, 3.05) is 47.5 Å². The van der Waals surface area contributed by atoms with E-state index in [9.17, 15) is 0 Å². The summed E-state index contributed by atoms with van der Waals surface area (Å²) in [6.07, 6.45) is 5.66. The first-order chi connectivity index (χ1) is 23.4. The molecule has 4 aromatic rings. The molecule has 1 unspecified atom stereocenters. The second-order valence-electron chi connectivity index (χ2n) is 13.7. The maximum absolute atomic E-state index is 7.25. The highest BCUT2D eigenvalue weighted by Gasteiger charge is 2.40. The fourth-order valence-corrected chi connectivity index (χ4v) is 9.00. The molecule has 2 saturated heterocycles. The van der Waals surface area contributed by atoms with Gasteiger partial charge in [0.1, 0.15) is 0 Å². The van der Waals surface area contributed by atoms with E-state index in [-0.39, 0.29) is 0 Å². The Balaban J connectivity index is 1.12. The van der Waals surface area contributed by atoms with Gasteiger partial charge in [-0.15, -0.1) is 0 Å². The van der Waals surface area contributed by atoms with E-state index in [1.165, 1.54) is 28.7 Å². The number of nitrogens with zero attached hydrogens (tertiary/aromatic N) is 4. The number of benzene rings is 2. The lowest BCUT2D eigenvalue weighted by atomic mass is 9.93. The number of pyridine rings is 2. The maximum atomic E-state index is 7.25. The molecule has 0 amide bonds. The first-order valence-corrected chi connectivity index (χ1v) is 17.9. The topological polar surface area (TPSA) is 60.0 Å². The average molecular weight is 686 g/mol. The Morgan fingerprint density at radius 2 is 1.15 bits per heavy atom. The third-order valence-corrected chi connectivity index (χ3v) is 12.0. The summed E-state index contributed by atoms with van der Waals surface area (Å²) in [7, 11) is 5.21. The van der Waals surface area contributed by atoms with Crippen molar-refractivity contribution in [2.45, 2.75) is 57.2 Å². The van der Waals surface area contributed by atoms with Crippen LogP contribution in [0.3, 0.4) is 0 Å². The minimum atomic E-state index is 0.299. The molecule has 2 aromatic heterocycles. The Labute approximate surface area is 293 Å². The standard InChI is InChI=1S/C39H42Cl2N4O3/c1-5-22-18-44(19-22)32-14-12-23-16-30(42-38(47-3)34(23)32)28-10-6-8-26(36(28)40)27-9-7-11-29(37(27)41)31-17-24-13-15-33(35(24)39(43-31)48-4)45-20-25(21-45)46-2/h6-11,16-17,22,25,32-33H,5,12-15,18-21H2,1-4H3/t32-,33?/m0/s1. The Bertz CT molecular complexity index is 1740. The van der Waals surface area contributed by atoms with Gasteiger partial charge in [0.15, 0.2) is 0 Å². The molecular weight excluding hydrogens is 643 g/mol. The fourth-order valence-electron chi connectivity index (χ4n) is 8.35. The second-order valence-corrected chi connectivity index (χ2v) is 14.4. The highest BCUT2D eigenvalue weighted by Crippen LogP contribution is 2.48. The van der Waals surface area contributed by atoms with Gasteiger partial charge >= 0.3 is 0 Å². The van der Waals surface area contributed by atoms with Crippen molar-refractivity contribution in [3.8, 4) is 45.4 Å². The number of hydrogen-bond acceptors (Lipinski definition) is 7.